The second kappa shape index (κ2) is 7.60. The van der Waals surface area contributed by atoms with E-state index in [-0.39, 0.29) is 11.2 Å². The van der Waals surface area contributed by atoms with Gasteiger partial charge in [0.2, 0.25) is 0 Å². The Balaban J connectivity index is 2.17. The van der Waals surface area contributed by atoms with Crippen LogP contribution in [0.4, 0.5) is 10.1 Å². The van der Waals surface area contributed by atoms with Crippen LogP contribution in [0.1, 0.15) is 26.3 Å². The molecular formula is C20H22FNS. The lowest BCUT2D eigenvalue weighted by molar-refractivity contribution is 0.594. The van der Waals surface area contributed by atoms with Crippen molar-refractivity contribution in [2.45, 2.75) is 32.6 Å². The molecule has 0 fully saturated rings. The van der Waals surface area contributed by atoms with Crippen LogP contribution in [0.3, 0.4) is 0 Å². The molecule has 0 N–H and O–H groups in total. The number of rotatable bonds is 4. The molecule has 0 aliphatic rings. The summed E-state index contributed by atoms with van der Waals surface area (Å²) in [4.78, 5) is 5.78. The van der Waals surface area contributed by atoms with Crippen molar-refractivity contribution in [3.05, 3.63) is 71.4 Å². The number of benzene rings is 2. The zero-order valence-electron chi connectivity index (χ0n) is 14.0. The molecule has 0 spiro atoms. The van der Waals surface area contributed by atoms with E-state index in [1.165, 1.54) is 17.7 Å². The Bertz CT molecular complexity index is 692. The van der Waals surface area contributed by atoms with E-state index in [1.54, 1.807) is 23.9 Å². The minimum absolute atomic E-state index is 0.0509. The second-order valence-corrected chi connectivity index (χ2v) is 7.44. The van der Waals surface area contributed by atoms with E-state index in [4.69, 9.17) is 4.99 Å². The normalized spacial score (nSPS) is 12.8. The molecule has 0 amide bonds. The molecule has 23 heavy (non-hydrogen) atoms. The Kier molecular flexibility index (Phi) is 5.78. The first-order valence-corrected chi connectivity index (χ1v) is 8.47. The van der Waals surface area contributed by atoms with Gasteiger partial charge in [-0.15, -0.1) is 0 Å². The highest BCUT2D eigenvalue weighted by molar-refractivity contribution is 8.02. The number of halogens is 1. The fourth-order valence-electron chi connectivity index (χ4n) is 1.90. The molecule has 0 aliphatic heterocycles. The van der Waals surface area contributed by atoms with Gasteiger partial charge in [-0.25, -0.2) is 4.39 Å². The van der Waals surface area contributed by atoms with Gasteiger partial charge in [0.1, 0.15) is 5.82 Å². The largest absolute Gasteiger partial charge is 0.253 e. The lowest BCUT2D eigenvalue weighted by Crippen LogP contribution is -2.17. The van der Waals surface area contributed by atoms with Gasteiger partial charge in [0.25, 0.3) is 0 Å². The van der Waals surface area contributed by atoms with Crippen LogP contribution in [-0.2, 0) is 0 Å². The quantitative estimate of drug-likeness (QED) is 0.457. The Morgan fingerprint density at radius 3 is 2.17 bits per heavy atom. The second-order valence-electron chi connectivity index (χ2n) is 6.46. The minimum atomic E-state index is -0.213. The third-order valence-corrected chi connectivity index (χ3v) is 4.11. The van der Waals surface area contributed by atoms with Gasteiger partial charge in [0.15, 0.2) is 0 Å². The Morgan fingerprint density at radius 1 is 1.00 bits per heavy atom. The summed E-state index contributed by atoms with van der Waals surface area (Å²) in [7, 11) is 0. The van der Waals surface area contributed by atoms with Crippen LogP contribution in [-0.4, -0.2) is 5.71 Å². The molecule has 0 atom stereocenters. The van der Waals surface area contributed by atoms with Crippen molar-refractivity contribution in [1.82, 2.24) is 0 Å². The molecule has 0 heterocycles. The predicted octanol–water partition coefficient (Wildman–Crippen LogP) is 6.56. The fourth-order valence-corrected chi connectivity index (χ4v) is 2.55. The van der Waals surface area contributed by atoms with E-state index >= 15 is 0 Å². The van der Waals surface area contributed by atoms with E-state index in [2.05, 4.69) is 39.8 Å². The molecule has 120 valence electrons. The van der Waals surface area contributed by atoms with Crippen molar-refractivity contribution in [2.24, 2.45) is 10.4 Å². The van der Waals surface area contributed by atoms with Crippen LogP contribution in [0.25, 0.3) is 0 Å². The van der Waals surface area contributed by atoms with Gasteiger partial charge in [-0.3, -0.25) is 4.99 Å². The van der Waals surface area contributed by atoms with E-state index in [0.717, 1.165) is 16.3 Å². The van der Waals surface area contributed by atoms with Crippen molar-refractivity contribution >= 4 is 23.2 Å². The van der Waals surface area contributed by atoms with Gasteiger partial charge in [0, 0.05) is 16.0 Å². The van der Waals surface area contributed by atoms with Gasteiger partial charge in [-0.1, -0.05) is 50.2 Å². The van der Waals surface area contributed by atoms with Gasteiger partial charge < -0.3 is 0 Å². The SMILES string of the molecule is Cc1ccc(N=C(/C=C/Sc2ccc(F)cc2)C(C)(C)C)cc1. The number of hydrogen-bond acceptors (Lipinski definition) is 2. The number of thioether (sulfide) groups is 1. The molecule has 0 unspecified atom stereocenters. The molecule has 0 saturated heterocycles. The highest BCUT2D eigenvalue weighted by atomic mass is 32.2. The van der Waals surface area contributed by atoms with Gasteiger partial charge >= 0.3 is 0 Å². The molecule has 0 saturated carbocycles. The van der Waals surface area contributed by atoms with Crippen LogP contribution in [0, 0.1) is 18.2 Å². The minimum Gasteiger partial charge on any atom is -0.253 e. The maximum absolute atomic E-state index is 12.9. The number of aryl methyl sites for hydroxylation is 1. The van der Waals surface area contributed by atoms with Crippen molar-refractivity contribution < 1.29 is 4.39 Å². The highest BCUT2D eigenvalue weighted by Crippen LogP contribution is 2.25. The topological polar surface area (TPSA) is 12.4 Å². The summed E-state index contributed by atoms with van der Waals surface area (Å²) in [5.41, 5.74) is 3.14. The zero-order valence-corrected chi connectivity index (χ0v) is 14.8. The van der Waals surface area contributed by atoms with Crippen LogP contribution in [0.5, 0.6) is 0 Å². The summed E-state index contributed by atoms with van der Waals surface area (Å²) >= 11 is 1.56. The molecule has 2 rings (SSSR count). The summed E-state index contributed by atoms with van der Waals surface area (Å²) in [6, 6.07) is 14.7. The fraction of sp³-hybridized carbons (Fsp3) is 0.250. The van der Waals surface area contributed by atoms with Crippen molar-refractivity contribution in [1.29, 1.82) is 0 Å². The summed E-state index contributed by atoms with van der Waals surface area (Å²) < 4.78 is 12.9. The summed E-state index contributed by atoms with van der Waals surface area (Å²) in [5.74, 6) is -0.213. The first-order valence-electron chi connectivity index (χ1n) is 7.59. The molecule has 2 aromatic carbocycles. The van der Waals surface area contributed by atoms with Gasteiger partial charge in [-0.2, -0.15) is 0 Å². The molecule has 1 nitrogen and oxygen atoms in total. The Hall–Kier alpha value is -1.87. The number of aliphatic imine (C=N–C) groups is 1. The number of nitrogens with zero attached hydrogens (tertiary/aromatic N) is 1. The average Bonchev–Trinajstić information content (AvgIpc) is 2.49. The molecular weight excluding hydrogens is 305 g/mol. The van der Waals surface area contributed by atoms with Crippen LogP contribution in [0.15, 0.2) is 69.9 Å². The maximum atomic E-state index is 12.9. The highest BCUT2D eigenvalue weighted by Gasteiger charge is 2.16. The van der Waals surface area contributed by atoms with Crippen LogP contribution in [0.2, 0.25) is 0 Å². The summed E-state index contributed by atoms with van der Waals surface area (Å²) in [6.45, 7) is 8.50. The van der Waals surface area contributed by atoms with Crippen molar-refractivity contribution in [3.8, 4) is 0 Å². The lowest BCUT2D eigenvalue weighted by Gasteiger charge is -2.19. The van der Waals surface area contributed by atoms with Crippen LogP contribution < -0.4 is 0 Å². The lowest BCUT2D eigenvalue weighted by atomic mass is 9.90. The Labute approximate surface area is 142 Å². The molecule has 3 heteroatoms. The maximum Gasteiger partial charge on any atom is 0.123 e. The van der Waals surface area contributed by atoms with E-state index < -0.39 is 0 Å². The monoisotopic (exact) mass is 327 g/mol. The van der Waals surface area contributed by atoms with Crippen LogP contribution >= 0.6 is 11.8 Å². The average molecular weight is 327 g/mol. The zero-order chi connectivity index (χ0) is 16.9. The molecule has 0 aromatic heterocycles. The molecule has 0 bridgehead atoms. The van der Waals surface area contributed by atoms with E-state index in [9.17, 15) is 4.39 Å². The van der Waals surface area contributed by atoms with E-state index in [1.807, 2.05) is 23.6 Å². The predicted molar refractivity (Wildman–Crippen MR) is 99.1 cm³/mol. The smallest absolute Gasteiger partial charge is 0.123 e. The summed E-state index contributed by atoms with van der Waals surface area (Å²) in [5, 5.41) is 2.01. The third-order valence-electron chi connectivity index (χ3n) is 3.30. The standard InChI is InChI=1S/C20H22FNS/c1-15-5-9-17(10-6-15)22-19(20(2,3)4)13-14-23-18-11-7-16(21)8-12-18/h5-14H,1-4H3/b14-13+,22-19?. The van der Waals surface area contributed by atoms with Gasteiger partial charge in [0.05, 0.1) is 5.69 Å². The van der Waals surface area contributed by atoms with Gasteiger partial charge in [-0.05, 0) is 54.8 Å². The molecule has 0 aliphatic carbocycles. The Morgan fingerprint density at radius 2 is 1.61 bits per heavy atom. The van der Waals surface area contributed by atoms with Crippen molar-refractivity contribution in [2.75, 3.05) is 0 Å². The third kappa shape index (κ3) is 5.68. The van der Waals surface area contributed by atoms with E-state index in [0.29, 0.717) is 0 Å². The number of hydrogen-bond donors (Lipinski definition) is 0. The molecule has 0 radical (unpaired) electrons. The first kappa shape index (κ1) is 17.5. The van der Waals surface area contributed by atoms with Crippen molar-refractivity contribution in [3.63, 3.8) is 0 Å². The number of allylic oxidation sites excluding steroid dienone is 1. The molecule has 2 aromatic rings. The summed E-state index contributed by atoms with van der Waals surface area (Å²) in [6.07, 6.45) is 2.04. The first-order chi connectivity index (χ1) is 10.8.